The number of nitrogens with two attached hydrogens (primary N) is 1. The summed E-state index contributed by atoms with van der Waals surface area (Å²) in [5.41, 5.74) is 5.80. The van der Waals surface area contributed by atoms with Crippen molar-refractivity contribution in [1.29, 1.82) is 0 Å². The fourth-order valence-corrected chi connectivity index (χ4v) is 2.40. The van der Waals surface area contributed by atoms with E-state index in [1.807, 2.05) is 0 Å². The van der Waals surface area contributed by atoms with Crippen LogP contribution in [0.15, 0.2) is 23.2 Å². The van der Waals surface area contributed by atoms with Crippen LogP contribution in [0.25, 0.3) is 0 Å². The van der Waals surface area contributed by atoms with Crippen molar-refractivity contribution in [3.8, 4) is 5.75 Å². The van der Waals surface area contributed by atoms with E-state index in [2.05, 4.69) is 10.3 Å². The van der Waals surface area contributed by atoms with E-state index < -0.39 is 11.6 Å². The van der Waals surface area contributed by atoms with Crippen LogP contribution in [0.1, 0.15) is 32.1 Å². The zero-order valence-electron chi connectivity index (χ0n) is 12.4. The first-order valence-corrected chi connectivity index (χ1v) is 7.29. The van der Waals surface area contributed by atoms with Gasteiger partial charge in [-0.3, -0.25) is 0 Å². The highest BCUT2D eigenvalue weighted by Crippen LogP contribution is 2.17. The molecule has 0 heterocycles. The average Bonchev–Trinajstić information content (AvgIpc) is 2.48. The second kappa shape index (κ2) is 9.81. The number of ether oxygens (including phenoxy) is 1. The Balaban J connectivity index is 0.00000242. The highest BCUT2D eigenvalue weighted by molar-refractivity contribution is 14.0. The summed E-state index contributed by atoms with van der Waals surface area (Å²) in [6, 6.07) is 3.84. The predicted molar refractivity (Wildman–Crippen MR) is 93.8 cm³/mol. The minimum atomic E-state index is -0.922. The smallest absolute Gasteiger partial charge is 0.188 e. The predicted octanol–water partition coefficient (Wildman–Crippen LogP) is 3.20. The maximum absolute atomic E-state index is 13.0. The second-order valence-electron chi connectivity index (χ2n) is 5.17. The Hall–Kier alpha value is -1.12. The quantitative estimate of drug-likeness (QED) is 0.330. The molecule has 0 unspecified atom stereocenters. The molecule has 0 atom stereocenters. The molecule has 124 valence electrons. The maximum atomic E-state index is 13.0. The van der Waals surface area contributed by atoms with E-state index in [1.165, 1.54) is 25.3 Å². The van der Waals surface area contributed by atoms with Crippen molar-refractivity contribution in [2.24, 2.45) is 10.7 Å². The zero-order chi connectivity index (χ0) is 15.1. The third kappa shape index (κ3) is 6.33. The Bertz CT molecular complexity index is 494. The van der Waals surface area contributed by atoms with E-state index in [9.17, 15) is 8.78 Å². The van der Waals surface area contributed by atoms with Crippen molar-refractivity contribution < 1.29 is 13.5 Å². The number of guanidine groups is 1. The molecule has 0 bridgehead atoms. The van der Waals surface area contributed by atoms with Crippen LogP contribution in [-0.2, 0) is 0 Å². The number of aliphatic imine (C=N–C) groups is 1. The van der Waals surface area contributed by atoms with Crippen LogP contribution >= 0.6 is 24.0 Å². The van der Waals surface area contributed by atoms with Gasteiger partial charge >= 0.3 is 0 Å². The van der Waals surface area contributed by atoms with Crippen molar-refractivity contribution in [2.45, 2.75) is 38.1 Å². The van der Waals surface area contributed by atoms with Gasteiger partial charge in [0.15, 0.2) is 17.6 Å². The molecule has 1 saturated carbocycles. The lowest BCUT2D eigenvalue weighted by Crippen LogP contribution is -2.41. The van der Waals surface area contributed by atoms with Gasteiger partial charge in [-0.2, -0.15) is 0 Å². The minimum absolute atomic E-state index is 0. The standard InChI is InChI=1S/C15H21F2N3O.HI/c16-13-7-6-12(10-14(13)17)21-9-8-19-15(18)20-11-4-2-1-3-5-11;/h6-7,10-11H,1-5,8-9H2,(H3,18,19,20);1H. The first kappa shape index (κ1) is 18.9. The SMILES string of the molecule is I.NC(=NCCOc1ccc(F)c(F)c1)NC1CCCCC1. The maximum Gasteiger partial charge on any atom is 0.188 e. The molecular formula is C15H22F2IN3O. The van der Waals surface area contributed by atoms with E-state index in [1.54, 1.807) is 0 Å². The third-order valence-electron chi connectivity index (χ3n) is 3.49. The number of hydrogen-bond acceptors (Lipinski definition) is 2. The number of halogens is 3. The molecule has 0 aliphatic heterocycles. The fraction of sp³-hybridized carbons (Fsp3) is 0.533. The normalized spacial score (nSPS) is 16.0. The topological polar surface area (TPSA) is 59.6 Å². The van der Waals surface area contributed by atoms with Crippen molar-refractivity contribution in [1.82, 2.24) is 5.32 Å². The lowest BCUT2D eigenvalue weighted by Gasteiger charge is -2.23. The van der Waals surface area contributed by atoms with Gasteiger partial charge in [-0.15, -0.1) is 24.0 Å². The Morgan fingerprint density at radius 3 is 2.64 bits per heavy atom. The Morgan fingerprint density at radius 2 is 1.95 bits per heavy atom. The highest BCUT2D eigenvalue weighted by Gasteiger charge is 2.13. The summed E-state index contributed by atoms with van der Waals surface area (Å²) >= 11 is 0. The summed E-state index contributed by atoms with van der Waals surface area (Å²) in [6.07, 6.45) is 5.99. The van der Waals surface area contributed by atoms with E-state index in [0.717, 1.165) is 25.0 Å². The Kier molecular flexibility index (Phi) is 8.44. The van der Waals surface area contributed by atoms with Gasteiger partial charge in [0.05, 0.1) is 6.54 Å². The van der Waals surface area contributed by atoms with E-state index in [0.29, 0.717) is 18.5 Å². The van der Waals surface area contributed by atoms with Crippen molar-refractivity contribution in [2.75, 3.05) is 13.2 Å². The molecule has 1 aromatic carbocycles. The Labute approximate surface area is 146 Å². The lowest BCUT2D eigenvalue weighted by molar-refractivity contribution is 0.325. The summed E-state index contributed by atoms with van der Waals surface area (Å²) < 4.78 is 31.0. The van der Waals surface area contributed by atoms with Crippen molar-refractivity contribution >= 4 is 29.9 Å². The average molecular weight is 425 g/mol. The minimum Gasteiger partial charge on any atom is -0.492 e. The summed E-state index contributed by atoms with van der Waals surface area (Å²) in [6.45, 7) is 0.628. The van der Waals surface area contributed by atoms with Gasteiger partial charge in [-0.1, -0.05) is 19.3 Å². The molecule has 1 aliphatic rings. The second-order valence-corrected chi connectivity index (χ2v) is 5.17. The number of nitrogens with one attached hydrogen (secondary N) is 1. The lowest BCUT2D eigenvalue weighted by atomic mass is 9.96. The molecular weight excluding hydrogens is 403 g/mol. The summed E-state index contributed by atoms with van der Waals surface area (Å²) in [4.78, 5) is 4.16. The molecule has 7 heteroatoms. The number of rotatable bonds is 5. The molecule has 0 amide bonds. The first-order chi connectivity index (χ1) is 10.1. The van der Waals surface area contributed by atoms with Gasteiger partial charge in [-0.25, -0.2) is 13.8 Å². The monoisotopic (exact) mass is 425 g/mol. The fourth-order valence-electron chi connectivity index (χ4n) is 2.40. The molecule has 0 aromatic heterocycles. The Morgan fingerprint density at radius 1 is 1.23 bits per heavy atom. The molecule has 0 radical (unpaired) electrons. The number of nitrogens with zero attached hydrogens (tertiary/aromatic N) is 1. The first-order valence-electron chi connectivity index (χ1n) is 7.29. The van der Waals surface area contributed by atoms with E-state index in [4.69, 9.17) is 10.5 Å². The van der Waals surface area contributed by atoms with Crippen LogP contribution in [0.3, 0.4) is 0 Å². The molecule has 4 nitrogen and oxygen atoms in total. The third-order valence-corrected chi connectivity index (χ3v) is 3.49. The molecule has 1 aromatic rings. The van der Waals surface area contributed by atoms with Crippen LogP contribution < -0.4 is 15.8 Å². The highest BCUT2D eigenvalue weighted by atomic mass is 127. The summed E-state index contributed by atoms with van der Waals surface area (Å²) in [7, 11) is 0. The van der Waals surface area contributed by atoms with Crippen LogP contribution in [0.5, 0.6) is 5.75 Å². The van der Waals surface area contributed by atoms with Crippen LogP contribution in [0.4, 0.5) is 8.78 Å². The van der Waals surface area contributed by atoms with Crippen LogP contribution in [0.2, 0.25) is 0 Å². The molecule has 1 fully saturated rings. The molecule has 0 spiro atoms. The van der Waals surface area contributed by atoms with Gasteiger partial charge in [0.1, 0.15) is 12.4 Å². The van der Waals surface area contributed by atoms with E-state index >= 15 is 0 Å². The number of benzene rings is 1. The van der Waals surface area contributed by atoms with Crippen molar-refractivity contribution in [3.63, 3.8) is 0 Å². The molecule has 0 saturated heterocycles. The van der Waals surface area contributed by atoms with E-state index in [-0.39, 0.29) is 36.3 Å². The van der Waals surface area contributed by atoms with Gasteiger partial charge < -0.3 is 15.8 Å². The summed E-state index contributed by atoms with van der Waals surface area (Å²) in [5, 5.41) is 3.20. The molecule has 1 aliphatic carbocycles. The van der Waals surface area contributed by atoms with Gasteiger partial charge in [0, 0.05) is 12.1 Å². The van der Waals surface area contributed by atoms with Gasteiger partial charge in [-0.05, 0) is 25.0 Å². The zero-order valence-corrected chi connectivity index (χ0v) is 14.7. The van der Waals surface area contributed by atoms with Crippen molar-refractivity contribution in [3.05, 3.63) is 29.8 Å². The van der Waals surface area contributed by atoms with Crippen LogP contribution in [0, 0.1) is 11.6 Å². The largest absolute Gasteiger partial charge is 0.492 e. The molecule has 2 rings (SSSR count). The van der Waals surface area contributed by atoms with Crippen LogP contribution in [-0.4, -0.2) is 25.2 Å². The molecule has 3 N–H and O–H groups in total. The number of hydrogen-bond donors (Lipinski definition) is 2. The summed E-state index contributed by atoms with van der Waals surface area (Å²) in [5.74, 6) is -1.12. The molecule has 22 heavy (non-hydrogen) atoms. The van der Waals surface area contributed by atoms with Gasteiger partial charge in [0.25, 0.3) is 0 Å². The van der Waals surface area contributed by atoms with Gasteiger partial charge in [0.2, 0.25) is 0 Å².